The second-order valence-corrected chi connectivity index (χ2v) is 4.36. The number of aromatic amines is 2. The van der Waals surface area contributed by atoms with E-state index >= 15 is 0 Å². The van der Waals surface area contributed by atoms with E-state index in [0.29, 0.717) is 0 Å². The minimum absolute atomic E-state index is 1.02. The van der Waals surface area contributed by atoms with Crippen molar-refractivity contribution in [2.45, 2.75) is 19.5 Å². The lowest BCUT2D eigenvalue weighted by Crippen LogP contribution is -2.29. The Kier molecular flexibility index (Phi) is 2.46. The topological polar surface area (TPSA) is 33.2 Å². The van der Waals surface area contributed by atoms with Crippen molar-refractivity contribution < 1.29 is 5.10 Å². The number of nitrogens with zero attached hydrogens (tertiary/aromatic N) is 1. The van der Waals surface area contributed by atoms with Crippen molar-refractivity contribution in [3.05, 3.63) is 53.3 Å². The molecule has 16 heavy (non-hydrogen) atoms. The molecule has 1 aromatic heterocycles. The number of benzene rings is 1. The molecule has 3 heteroatoms. The quantitative estimate of drug-likeness (QED) is 0.805. The molecule has 3 nitrogen and oxygen atoms in total. The molecule has 1 aromatic carbocycles. The first-order valence-corrected chi connectivity index (χ1v) is 5.75. The summed E-state index contributed by atoms with van der Waals surface area (Å²) < 4.78 is 0. The van der Waals surface area contributed by atoms with Crippen LogP contribution in [-0.4, -0.2) is 16.5 Å². The van der Waals surface area contributed by atoms with Gasteiger partial charge in [-0.2, -0.15) is 5.10 Å². The van der Waals surface area contributed by atoms with Crippen molar-refractivity contribution >= 4 is 0 Å². The van der Waals surface area contributed by atoms with Gasteiger partial charge < -0.3 is 0 Å². The first-order chi connectivity index (χ1) is 7.92. The lowest BCUT2D eigenvalue weighted by atomic mass is 10.1. The Labute approximate surface area is 95.1 Å². The smallest absolute Gasteiger partial charge is 0.196 e. The molecule has 0 bridgehead atoms. The Bertz CT molecular complexity index is 461. The molecule has 0 spiro atoms. The molecule has 0 aliphatic carbocycles. The van der Waals surface area contributed by atoms with Gasteiger partial charge in [-0.05, 0) is 12.0 Å². The monoisotopic (exact) mass is 214 g/mol. The second-order valence-electron chi connectivity index (χ2n) is 4.36. The van der Waals surface area contributed by atoms with Gasteiger partial charge in [0.05, 0.1) is 5.69 Å². The van der Waals surface area contributed by atoms with E-state index in [9.17, 15) is 0 Å². The van der Waals surface area contributed by atoms with E-state index in [1.165, 1.54) is 16.8 Å². The Morgan fingerprint density at radius 1 is 1.25 bits per heavy atom. The first-order valence-electron chi connectivity index (χ1n) is 5.75. The molecule has 0 saturated heterocycles. The van der Waals surface area contributed by atoms with Gasteiger partial charge in [-0.1, -0.05) is 30.3 Å². The summed E-state index contributed by atoms with van der Waals surface area (Å²) in [7, 11) is 0. The third-order valence-electron chi connectivity index (χ3n) is 3.19. The van der Waals surface area contributed by atoms with Crippen molar-refractivity contribution in [3.8, 4) is 0 Å². The summed E-state index contributed by atoms with van der Waals surface area (Å²) in [5.41, 5.74) is 4.16. The Morgan fingerprint density at radius 2 is 2.12 bits per heavy atom. The molecule has 1 aliphatic heterocycles. The second kappa shape index (κ2) is 4.10. The zero-order valence-electron chi connectivity index (χ0n) is 9.24. The van der Waals surface area contributed by atoms with Crippen LogP contribution in [0.1, 0.15) is 16.8 Å². The van der Waals surface area contributed by atoms with Gasteiger partial charge in [-0.3, -0.25) is 4.90 Å². The fourth-order valence-electron chi connectivity index (χ4n) is 2.30. The van der Waals surface area contributed by atoms with E-state index in [2.05, 4.69) is 51.6 Å². The minimum Gasteiger partial charge on any atom is -0.293 e. The predicted molar refractivity (Wildman–Crippen MR) is 61.6 cm³/mol. The van der Waals surface area contributed by atoms with Gasteiger partial charge in [0.25, 0.3) is 0 Å². The summed E-state index contributed by atoms with van der Waals surface area (Å²) >= 11 is 0. The molecular weight excluding hydrogens is 198 g/mol. The summed E-state index contributed by atoms with van der Waals surface area (Å²) in [6, 6.07) is 10.7. The first kappa shape index (κ1) is 9.60. The Balaban J connectivity index is 1.71. The van der Waals surface area contributed by atoms with Gasteiger partial charge >= 0.3 is 0 Å². The van der Waals surface area contributed by atoms with Crippen LogP contribution in [0.2, 0.25) is 0 Å². The molecule has 2 aromatic rings. The van der Waals surface area contributed by atoms with E-state index in [-0.39, 0.29) is 0 Å². The average molecular weight is 214 g/mol. The fraction of sp³-hybridized carbons (Fsp3) is 0.308. The number of rotatable bonds is 2. The normalized spacial score (nSPS) is 16.0. The number of aromatic nitrogens is 2. The van der Waals surface area contributed by atoms with Crippen LogP contribution in [0.15, 0.2) is 36.5 Å². The van der Waals surface area contributed by atoms with Gasteiger partial charge in [0.2, 0.25) is 0 Å². The number of nitrogens with one attached hydrogen (secondary N) is 2. The summed E-state index contributed by atoms with van der Waals surface area (Å²) in [6.45, 7) is 3.21. The third kappa shape index (κ3) is 1.86. The van der Waals surface area contributed by atoms with Crippen LogP contribution in [0.3, 0.4) is 0 Å². The molecule has 0 saturated carbocycles. The van der Waals surface area contributed by atoms with Crippen molar-refractivity contribution in [2.75, 3.05) is 6.54 Å². The number of fused-ring (bicyclic) bond motifs is 1. The van der Waals surface area contributed by atoms with Crippen molar-refractivity contribution in [1.29, 1.82) is 0 Å². The number of hydrogen-bond acceptors (Lipinski definition) is 1. The van der Waals surface area contributed by atoms with Crippen molar-refractivity contribution in [3.63, 3.8) is 0 Å². The molecule has 1 aliphatic rings. The standard InChI is InChI=1S/C13H15N3/c1-2-4-11(5-3-1)9-16-7-6-12-8-14-15-13(12)10-16/h1-5,8H,6-7,9-10H2,(H,14,15)/p+1. The molecule has 3 rings (SSSR count). The third-order valence-corrected chi connectivity index (χ3v) is 3.19. The molecule has 0 fully saturated rings. The largest absolute Gasteiger partial charge is 0.293 e. The lowest BCUT2D eigenvalue weighted by molar-refractivity contribution is -0.450. The zero-order chi connectivity index (χ0) is 10.8. The van der Waals surface area contributed by atoms with Gasteiger partial charge in [-0.15, -0.1) is 5.10 Å². The highest BCUT2D eigenvalue weighted by molar-refractivity contribution is 5.19. The molecule has 2 heterocycles. The van der Waals surface area contributed by atoms with E-state index in [1.54, 1.807) is 0 Å². The lowest BCUT2D eigenvalue weighted by Gasteiger charge is -2.25. The van der Waals surface area contributed by atoms with Crippen LogP contribution in [-0.2, 0) is 19.5 Å². The van der Waals surface area contributed by atoms with E-state index in [0.717, 1.165) is 26.1 Å². The summed E-state index contributed by atoms with van der Waals surface area (Å²) in [4.78, 5) is 2.47. The van der Waals surface area contributed by atoms with Crippen LogP contribution in [0.5, 0.6) is 0 Å². The minimum atomic E-state index is 1.02. The maximum atomic E-state index is 3.21. The van der Waals surface area contributed by atoms with Crippen LogP contribution < -0.4 is 5.10 Å². The highest BCUT2D eigenvalue weighted by Crippen LogP contribution is 2.16. The zero-order valence-corrected chi connectivity index (χ0v) is 9.24. The average Bonchev–Trinajstić information content (AvgIpc) is 2.77. The molecule has 0 unspecified atom stereocenters. The van der Waals surface area contributed by atoms with Gasteiger partial charge in [0, 0.05) is 25.2 Å². The number of H-pyrrole nitrogens is 2. The van der Waals surface area contributed by atoms with E-state index in [1.807, 2.05) is 0 Å². The Hall–Kier alpha value is -1.61. The maximum absolute atomic E-state index is 3.21. The summed E-state index contributed by atoms with van der Waals surface area (Å²) in [5, 5.41) is 6.28. The van der Waals surface area contributed by atoms with Crippen LogP contribution in [0.25, 0.3) is 0 Å². The maximum Gasteiger partial charge on any atom is 0.196 e. The molecular formula is C13H16N3+. The SMILES string of the molecule is c1ccc(CN2CCc3c[nH+][nH]c3C2)cc1. The fourth-order valence-corrected chi connectivity index (χ4v) is 2.30. The highest BCUT2D eigenvalue weighted by atomic mass is 15.2. The van der Waals surface area contributed by atoms with Crippen LogP contribution in [0.4, 0.5) is 0 Å². The molecule has 82 valence electrons. The van der Waals surface area contributed by atoms with Crippen molar-refractivity contribution in [1.82, 2.24) is 10.00 Å². The van der Waals surface area contributed by atoms with Gasteiger partial charge in [-0.25, -0.2) is 0 Å². The van der Waals surface area contributed by atoms with Gasteiger partial charge in [0.1, 0.15) is 0 Å². The molecule has 0 radical (unpaired) electrons. The molecule has 0 atom stereocenters. The predicted octanol–water partition coefficient (Wildman–Crippen LogP) is 1.39. The van der Waals surface area contributed by atoms with Crippen LogP contribution >= 0.6 is 0 Å². The molecule has 2 N–H and O–H groups in total. The highest BCUT2D eigenvalue weighted by Gasteiger charge is 2.19. The number of hydrogen-bond donors (Lipinski definition) is 1. The van der Waals surface area contributed by atoms with Crippen LogP contribution in [0, 0.1) is 0 Å². The van der Waals surface area contributed by atoms with Gasteiger partial charge in [0.15, 0.2) is 6.20 Å². The Morgan fingerprint density at radius 3 is 3.00 bits per heavy atom. The van der Waals surface area contributed by atoms with E-state index < -0.39 is 0 Å². The van der Waals surface area contributed by atoms with E-state index in [4.69, 9.17) is 0 Å². The summed E-state index contributed by atoms with van der Waals surface area (Å²) in [6.07, 6.45) is 3.22. The summed E-state index contributed by atoms with van der Waals surface area (Å²) in [5.74, 6) is 0. The molecule has 0 amide bonds. The van der Waals surface area contributed by atoms with Crippen molar-refractivity contribution in [2.24, 2.45) is 0 Å².